The molecule has 4 heteroatoms. The molecule has 0 aliphatic carbocycles. The number of aromatic nitrogens is 1. The van der Waals surface area contributed by atoms with E-state index in [1.165, 1.54) is 0 Å². The monoisotopic (exact) mass is 226 g/mol. The Morgan fingerprint density at radius 2 is 2.47 bits per heavy atom. The van der Waals surface area contributed by atoms with E-state index in [0.29, 0.717) is 11.2 Å². The van der Waals surface area contributed by atoms with Crippen LogP contribution in [0.25, 0.3) is 0 Å². The van der Waals surface area contributed by atoms with Crippen molar-refractivity contribution < 1.29 is 4.74 Å². The lowest BCUT2D eigenvalue weighted by atomic mass is 10.1. The predicted octanol–water partition coefficient (Wildman–Crippen LogP) is 2.63. The maximum Gasteiger partial charge on any atom is 0.132 e. The summed E-state index contributed by atoms with van der Waals surface area (Å²) in [6.07, 6.45) is 4.04. The highest BCUT2D eigenvalue weighted by Crippen LogP contribution is 2.18. The number of anilines is 1. The molecule has 1 aromatic rings. The summed E-state index contributed by atoms with van der Waals surface area (Å²) in [6, 6.07) is 2.42. The van der Waals surface area contributed by atoms with Crippen molar-refractivity contribution >= 4 is 17.3 Å². The molecule has 1 atom stereocenters. The van der Waals surface area contributed by atoms with Crippen LogP contribution in [0.3, 0.4) is 0 Å². The van der Waals surface area contributed by atoms with Crippen LogP contribution < -0.4 is 5.32 Å². The fraction of sp³-hybridized carbons (Fsp3) is 0.545. The molecule has 0 bridgehead atoms. The molecule has 0 radical (unpaired) electrons. The number of rotatable bonds is 2. The number of nitrogens with one attached hydrogen (secondary N) is 1. The molecule has 1 aliphatic heterocycles. The van der Waals surface area contributed by atoms with Crippen molar-refractivity contribution in [3.05, 3.63) is 23.0 Å². The van der Waals surface area contributed by atoms with Crippen molar-refractivity contribution in [2.45, 2.75) is 25.8 Å². The standard InChI is InChI=1S/C11H15ClN2O/c1-8-5-10(6-13-11(8)12)14-9-3-2-4-15-7-9/h5-6,9,14H,2-4,7H2,1H3. The lowest BCUT2D eigenvalue weighted by Gasteiger charge is -2.24. The average Bonchev–Trinajstić information content (AvgIpc) is 2.25. The van der Waals surface area contributed by atoms with Crippen LogP contribution in [0.1, 0.15) is 18.4 Å². The molecule has 0 aromatic carbocycles. The number of nitrogens with zero attached hydrogens (tertiary/aromatic N) is 1. The number of hydrogen-bond acceptors (Lipinski definition) is 3. The normalized spacial score (nSPS) is 21.3. The van der Waals surface area contributed by atoms with Crippen LogP contribution in [0.5, 0.6) is 0 Å². The van der Waals surface area contributed by atoms with Crippen LogP contribution >= 0.6 is 11.6 Å². The van der Waals surface area contributed by atoms with E-state index in [2.05, 4.69) is 10.3 Å². The third kappa shape index (κ3) is 2.83. The Hall–Kier alpha value is -0.800. The number of aryl methyl sites for hydroxylation is 1. The SMILES string of the molecule is Cc1cc(NC2CCCOC2)cnc1Cl. The third-order valence-corrected chi connectivity index (χ3v) is 2.94. The molecule has 15 heavy (non-hydrogen) atoms. The lowest BCUT2D eigenvalue weighted by molar-refractivity contribution is 0.0876. The molecule has 1 fully saturated rings. The molecular formula is C11H15ClN2O. The van der Waals surface area contributed by atoms with Crippen LogP contribution in [0, 0.1) is 6.92 Å². The van der Waals surface area contributed by atoms with Crippen LogP contribution in [-0.2, 0) is 4.74 Å². The molecule has 1 saturated heterocycles. The molecule has 0 amide bonds. The fourth-order valence-corrected chi connectivity index (χ4v) is 1.83. The van der Waals surface area contributed by atoms with Gasteiger partial charge in [0.1, 0.15) is 5.15 Å². The van der Waals surface area contributed by atoms with E-state index < -0.39 is 0 Å². The van der Waals surface area contributed by atoms with E-state index in [1.54, 1.807) is 6.20 Å². The van der Waals surface area contributed by atoms with Gasteiger partial charge in [-0.25, -0.2) is 4.98 Å². The minimum atomic E-state index is 0.404. The number of pyridine rings is 1. The Labute approximate surface area is 94.8 Å². The zero-order valence-electron chi connectivity index (χ0n) is 8.79. The van der Waals surface area contributed by atoms with Gasteiger partial charge in [-0.1, -0.05) is 11.6 Å². The molecule has 82 valence electrons. The molecule has 1 aromatic heterocycles. The van der Waals surface area contributed by atoms with Gasteiger partial charge in [-0.2, -0.15) is 0 Å². The molecule has 0 saturated carbocycles. The van der Waals surface area contributed by atoms with E-state index in [0.717, 1.165) is 37.3 Å². The van der Waals surface area contributed by atoms with Gasteiger partial charge >= 0.3 is 0 Å². The Balaban J connectivity index is 2.00. The topological polar surface area (TPSA) is 34.1 Å². The first-order chi connectivity index (χ1) is 7.25. The molecule has 1 N–H and O–H groups in total. The second-order valence-corrected chi connectivity index (χ2v) is 4.25. The van der Waals surface area contributed by atoms with Crippen LogP contribution in [0.2, 0.25) is 5.15 Å². The summed E-state index contributed by atoms with van der Waals surface area (Å²) in [5, 5.41) is 3.97. The first-order valence-electron chi connectivity index (χ1n) is 5.22. The average molecular weight is 227 g/mol. The van der Waals surface area contributed by atoms with Gasteiger partial charge < -0.3 is 10.1 Å². The second-order valence-electron chi connectivity index (χ2n) is 3.89. The molecule has 1 aliphatic rings. The summed E-state index contributed by atoms with van der Waals surface area (Å²) in [4.78, 5) is 4.11. The number of halogens is 1. The van der Waals surface area contributed by atoms with Gasteiger partial charge in [-0.05, 0) is 31.4 Å². The van der Waals surface area contributed by atoms with E-state index in [-0.39, 0.29) is 0 Å². The number of hydrogen-bond donors (Lipinski definition) is 1. The minimum absolute atomic E-state index is 0.404. The Morgan fingerprint density at radius 1 is 1.60 bits per heavy atom. The van der Waals surface area contributed by atoms with E-state index in [9.17, 15) is 0 Å². The smallest absolute Gasteiger partial charge is 0.132 e. The molecular weight excluding hydrogens is 212 g/mol. The fourth-order valence-electron chi connectivity index (χ4n) is 1.73. The number of ether oxygens (including phenoxy) is 1. The highest BCUT2D eigenvalue weighted by molar-refractivity contribution is 6.30. The van der Waals surface area contributed by atoms with Crippen molar-refractivity contribution in [2.24, 2.45) is 0 Å². The summed E-state index contributed by atoms with van der Waals surface area (Å²) < 4.78 is 5.40. The molecule has 3 nitrogen and oxygen atoms in total. The third-order valence-electron chi connectivity index (χ3n) is 2.55. The highest BCUT2D eigenvalue weighted by atomic mass is 35.5. The molecule has 2 heterocycles. The van der Waals surface area contributed by atoms with Crippen molar-refractivity contribution in [2.75, 3.05) is 18.5 Å². The summed E-state index contributed by atoms with van der Waals surface area (Å²) >= 11 is 5.86. The minimum Gasteiger partial charge on any atom is -0.379 e. The molecule has 1 unspecified atom stereocenters. The van der Waals surface area contributed by atoms with Gasteiger partial charge in [0, 0.05) is 12.6 Å². The van der Waals surface area contributed by atoms with Gasteiger partial charge in [0.25, 0.3) is 0 Å². The van der Waals surface area contributed by atoms with Crippen LogP contribution in [0.15, 0.2) is 12.3 Å². The molecule has 0 spiro atoms. The highest BCUT2D eigenvalue weighted by Gasteiger charge is 2.13. The van der Waals surface area contributed by atoms with Crippen molar-refractivity contribution in [3.63, 3.8) is 0 Å². The maximum atomic E-state index is 5.86. The zero-order chi connectivity index (χ0) is 10.7. The maximum absolute atomic E-state index is 5.86. The van der Waals surface area contributed by atoms with Crippen molar-refractivity contribution in [1.29, 1.82) is 0 Å². The Kier molecular flexibility index (Phi) is 3.44. The van der Waals surface area contributed by atoms with Gasteiger partial charge in [0.15, 0.2) is 0 Å². The van der Waals surface area contributed by atoms with E-state index >= 15 is 0 Å². The quantitative estimate of drug-likeness (QED) is 0.788. The molecule has 2 rings (SSSR count). The van der Waals surface area contributed by atoms with Gasteiger partial charge in [-0.3, -0.25) is 0 Å². The largest absolute Gasteiger partial charge is 0.379 e. The summed E-state index contributed by atoms with van der Waals surface area (Å²) in [6.45, 7) is 3.62. The van der Waals surface area contributed by atoms with Gasteiger partial charge in [-0.15, -0.1) is 0 Å². The van der Waals surface area contributed by atoms with Gasteiger partial charge in [0.2, 0.25) is 0 Å². The van der Waals surface area contributed by atoms with Crippen LogP contribution in [-0.4, -0.2) is 24.2 Å². The summed E-state index contributed by atoms with van der Waals surface area (Å²) in [7, 11) is 0. The first-order valence-corrected chi connectivity index (χ1v) is 5.60. The lowest BCUT2D eigenvalue weighted by Crippen LogP contribution is -2.29. The van der Waals surface area contributed by atoms with Gasteiger partial charge in [0.05, 0.1) is 18.5 Å². The van der Waals surface area contributed by atoms with Crippen molar-refractivity contribution in [3.8, 4) is 0 Å². The van der Waals surface area contributed by atoms with E-state index in [4.69, 9.17) is 16.3 Å². The van der Waals surface area contributed by atoms with Crippen LogP contribution in [0.4, 0.5) is 5.69 Å². The summed E-state index contributed by atoms with van der Waals surface area (Å²) in [5.74, 6) is 0. The zero-order valence-corrected chi connectivity index (χ0v) is 9.55. The summed E-state index contributed by atoms with van der Waals surface area (Å²) in [5.41, 5.74) is 2.02. The Bertz CT molecular complexity index is 337. The predicted molar refractivity (Wildman–Crippen MR) is 61.4 cm³/mol. The Morgan fingerprint density at radius 3 is 3.13 bits per heavy atom. The van der Waals surface area contributed by atoms with Crippen molar-refractivity contribution in [1.82, 2.24) is 4.98 Å². The first kappa shape index (κ1) is 10.7. The second kappa shape index (κ2) is 4.81. The van der Waals surface area contributed by atoms with E-state index in [1.807, 2.05) is 13.0 Å².